The highest BCUT2D eigenvalue weighted by molar-refractivity contribution is 6.31. The lowest BCUT2D eigenvalue weighted by Gasteiger charge is -2.23. The molecule has 0 spiro atoms. The highest BCUT2D eigenvalue weighted by atomic mass is 35.5. The maximum atomic E-state index is 6.16. The minimum atomic E-state index is 0.263. The molecule has 1 rings (SSSR count). The fourth-order valence-corrected chi connectivity index (χ4v) is 2.20. The first kappa shape index (κ1) is 14.2. The van der Waals surface area contributed by atoms with E-state index in [-0.39, 0.29) is 5.92 Å². The van der Waals surface area contributed by atoms with Crippen LogP contribution in [0.2, 0.25) is 5.02 Å². The Morgan fingerprint density at radius 3 is 2.71 bits per heavy atom. The van der Waals surface area contributed by atoms with Crippen LogP contribution < -0.4 is 10.1 Å². The van der Waals surface area contributed by atoms with Crippen LogP contribution in [0.25, 0.3) is 0 Å². The topological polar surface area (TPSA) is 47.0 Å². The van der Waals surface area contributed by atoms with Crippen LogP contribution in [0, 0.1) is 0 Å². The fourth-order valence-electron chi connectivity index (χ4n) is 1.97. The predicted octanol–water partition coefficient (Wildman–Crippen LogP) is 2.63. The van der Waals surface area contributed by atoms with Gasteiger partial charge in [-0.3, -0.25) is 0 Å². The van der Waals surface area contributed by atoms with Gasteiger partial charge in [0, 0.05) is 12.0 Å². The zero-order chi connectivity index (χ0) is 12.8. The van der Waals surface area contributed by atoms with Crippen LogP contribution in [-0.4, -0.2) is 29.7 Å². The Bertz CT molecular complexity index is 360. The van der Waals surface area contributed by atoms with Crippen molar-refractivity contribution in [1.29, 1.82) is 0 Å². The summed E-state index contributed by atoms with van der Waals surface area (Å²) in [7, 11) is 1.56. The van der Waals surface area contributed by atoms with E-state index >= 15 is 0 Å². The zero-order valence-electron chi connectivity index (χ0n) is 10.8. The fraction of sp³-hybridized carbons (Fsp3) is 0.667. The van der Waals surface area contributed by atoms with Gasteiger partial charge in [0.2, 0.25) is 0 Å². The molecule has 2 atom stereocenters. The molecule has 0 fully saturated rings. The third kappa shape index (κ3) is 3.54. The molecule has 1 aromatic heterocycles. The van der Waals surface area contributed by atoms with Gasteiger partial charge in [-0.1, -0.05) is 25.4 Å². The van der Waals surface area contributed by atoms with E-state index in [1.54, 1.807) is 13.3 Å². The molecule has 96 valence electrons. The molecule has 0 aromatic carbocycles. The van der Waals surface area contributed by atoms with Crippen molar-refractivity contribution in [2.24, 2.45) is 0 Å². The van der Waals surface area contributed by atoms with Gasteiger partial charge in [0.15, 0.2) is 0 Å². The number of nitrogens with one attached hydrogen (secondary N) is 1. The monoisotopic (exact) mass is 257 g/mol. The largest absolute Gasteiger partial charge is 0.467 e. The summed E-state index contributed by atoms with van der Waals surface area (Å²) in [4.78, 5) is 8.35. The number of hydrogen-bond acceptors (Lipinski definition) is 4. The van der Waals surface area contributed by atoms with Crippen LogP contribution >= 0.6 is 11.6 Å². The van der Waals surface area contributed by atoms with E-state index < -0.39 is 0 Å². The molecule has 5 heteroatoms. The molecular weight excluding hydrogens is 238 g/mol. The standard InChI is InChI=1S/C12H20ClN3O/c1-5-9(8(3)14-6-2)11-10(13)7-15-12(16-11)17-4/h7-9,14H,5-6H2,1-4H3. The number of halogens is 1. The van der Waals surface area contributed by atoms with Crippen LogP contribution in [0.3, 0.4) is 0 Å². The van der Waals surface area contributed by atoms with Crippen molar-refractivity contribution in [1.82, 2.24) is 15.3 Å². The number of aromatic nitrogens is 2. The Hall–Kier alpha value is -0.870. The number of likely N-dealkylation sites (N-methyl/N-ethyl adjacent to an activating group) is 1. The average molecular weight is 258 g/mol. The first-order valence-electron chi connectivity index (χ1n) is 5.93. The molecule has 1 N–H and O–H groups in total. The van der Waals surface area contributed by atoms with Crippen molar-refractivity contribution in [3.8, 4) is 6.01 Å². The molecule has 2 unspecified atom stereocenters. The third-order valence-electron chi connectivity index (χ3n) is 2.85. The van der Waals surface area contributed by atoms with E-state index in [0.717, 1.165) is 18.7 Å². The van der Waals surface area contributed by atoms with Crippen LogP contribution in [0.4, 0.5) is 0 Å². The van der Waals surface area contributed by atoms with Gasteiger partial charge in [0.25, 0.3) is 0 Å². The summed E-state index contributed by atoms with van der Waals surface area (Å²) < 4.78 is 5.04. The van der Waals surface area contributed by atoms with Gasteiger partial charge in [-0.2, -0.15) is 4.98 Å². The number of ether oxygens (including phenoxy) is 1. The summed E-state index contributed by atoms with van der Waals surface area (Å²) in [6.45, 7) is 7.29. The lowest BCUT2D eigenvalue weighted by molar-refractivity contribution is 0.372. The van der Waals surface area contributed by atoms with Gasteiger partial charge in [-0.25, -0.2) is 4.98 Å². The molecule has 17 heavy (non-hydrogen) atoms. The van der Waals surface area contributed by atoms with E-state index in [2.05, 4.69) is 36.1 Å². The molecule has 0 bridgehead atoms. The third-order valence-corrected chi connectivity index (χ3v) is 3.14. The molecule has 0 saturated heterocycles. The maximum absolute atomic E-state index is 6.16. The van der Waals surface area contributed by atoms with Crippen molar-refractivity contribution in [3.05, 3.63) is 16.9 Å². The molecule has 0 saturated carbocycles. The Morgan fingerprint density at radius 2 is 2.18 bits per heavy atom. The summed E-state index contributed by atoms with van der Waals surface area (Å²) in [6, 6.07) is 0.689. The van der Waals surface area contributed by atoms with Crippen molar-refractivity contribution in [2.45, 2.75) is 39.2 Å². The first-order valence-corrected chi connectivity index (χ1v) is 6.31. The molecule has 4 nitrogen and oxygen atoms in total. The van der Waals surface area contributed by atoms with Crippen molar-refractivity contribution < 1.29 is 4.74 Å². The summed E-state index contributed by atoms with van der Waals surface area (Å²) in [6.07, 6.45) is 2.57. The van der Waals surface area contributed by atoms with Gasteiger partial charge in [-0.15, -0.1) is 0 Å². The highest BCUT2D eigenvalue weighted by Gasteiger charge is 2.21. The highest BCUT2D eigenvalue weighted by Crippen LogP contribution is 2.28. The predicted molar refractivity (Wildman–Crippen MR) is 69.8 cm³/mol. The van der Waals surface area contributed by atoms with Gasteiger partial charge >= 0.3 is 6.01 Å². The molecule has 0 aliphatic carbocycles. The molecule has 0 amide bonds. The summed E-state index contributed by atoms with van der Waals surface area (Å²) >= 11 is 6.16. The lowest BCUT2D eigenvalue weighted by atomic mass is 9.94. The molecule has 0 radical (unpaired) electrons. The molecule has 1 aromatic rings. The number of hydrogen-bond donors (Lipinski definition) is 1. The van der Waals surface area contributed by atoms with Gasteiger partial charge in [-0.05, 0) is 19.9 Å². The molecular formula is C12H20ClN3O. The van der Waals surface area contributed by atoms with Crippen LogP contribution in [-0.2, 0) is 0 Å². The Morgan fingerprint density at radius 1 is 1.47 bits per heavy atom. The SMILES string of the molecule is CCNC(C)C(CC)c1nc(OC)ncc1Cl. The van der Waals surface area contributed by atoms with Crippen LogP contribution in [0.5, 0.6) is 6.01 Å². The van der Waals surface area contributed by atoms with E-state index in [1.165, 1.54) is 0 Å². The second-order valence-corrected chi connectivity index (χ2v) is 4.36. The van der Waals surface area contributed by atoms with Gasteiger partial charge in [0.1, 0.15) is 0 Å². The summed E-state index contributed by atoms with van der Waals surface area (Å²) in [5.74, 6) is 0.263. The zero-order valence-corrected chi connectivity index (χ0v) is 11.6. The Balaban J connectivity index is 3.01. The summed E-state index contributed by atoms with van der Waals surface area (Å²) in [5.41, 5.74) is 0.856. The first-order chi connectivity index (χ1) is 8.13. The van der Waals surface area contributed by atoms with E-state index in [1.807, 2.05) is 0 Å². The van der Waals surface area contributed by atoms with Gasteiger partial charge in [0.05, 0.1) is 24.0 Å². The average Bonchev–Trinajstić information content (AvgIpc) is 2.33. The minimum Gasteiger partial charge on any atom is -0.467 e. The van der Waals surface area contributed by atoms with Crippen LogP contribution in [0.1, 0.15) is 38.8 Å². The van der Waals surface area contributed by atoms with E-state index in [4.69, 9.17) is 16.3 Å². The second-order valence-electron chi connectivity index (χ2n) is 3.95. The number of rotatable bonds is 6. The summed E-state index contributed by atoms with van der Waals surface area (Å²) in [5, 5.41) is 4.00. The maximum Gasteiger partial charge on any atom is 0.316 e. The smallest absolute Gasteiger partial charge is 0.316 e. The number of nitrogens with zero attached hydrogens (tertiary/aromatic N) is 2. The minimum absolute atomic E-state index is 0.263. The van der Waals surface area contributed by atoms with E-state index in [0.29, 0.717) is 17.1 Å². The quantitative estimate of drug-likeness (QED) is 0.851. The van der Waals surface area contributed by atoms with Crippen molar-refractivity contribution in [2.75, 3.05) is 13.7 Å². The van der Waals surface area contributed by atoms with Gasteiger partial charge < -0.3 is 10.1 Å². The van der Waals surface area contributed by atoms with Crippen molar-refractivity contribution >= 4 is 11.6 Å². The lowest BCUT2D eigenvalue weighted by Crippen LogP contribution is -2.32. The molecule has 0 aliphatic heterocycles. The van der Waals surface area contributed by atoms with Crippen LogP contribution in [0.15, 0.2) is 6.20 Å². The molecule has 1 heterocycles. The Kier molecular flexibility index (Phi) is 5.65. The van der Waals surface area contributed by atoms with Crippen molar-refractivity contribution in [3.63, 3.8) is 0 Å². The molecule has 0 aliphatic rings. The number of methoxy groups -OCH3 is 1. The normalized spacial score (nSPS) is 14.4. The second kappa shape index (κ2) is 6.77. The van der Waals surface area contributed by atoms with E-state index in [9.17, 15) is 0 Å². The Labute approximate surface area is 108 Å².